The largest absolute Gasteiger partial charge is 0.313 e. The zero-order valence-corrected chi connectivity index (χ0v) is 9.63. The Labute approximate surface area is 88.4 Å². The molecule has 0 saturated carbocycles. The molecule has 1 aliphatic rings. The predicted molar refractivity (Wildman–Crippen MR) is 62.6 cm³/mol. The SMILES string of the molecule is C/C=C/CN1CCCC(NCCC)C1. The number of rotatable bonds is 5. The Bertz CT molecular complexity index is 166. The van der Waals surface area contributed by atoms with E-state index in [0.29, 0.717) is 0 Å². The van der Waals surface area contributed by atoms with Crippen molar-refractivity contribution in [3.05, 3.63) is 12.2 Å². The van der Waals surface area contributed by atoms with Crippen LogP contribution in [0.2, 0.25) is 0 Å². The number of nitrogens with one attached hydrogen (secondary N) is 1. The molecule has 0 bridgehead atoms. The van der Waals surface area contributed by atoms with Crippen molar-refractivity contribution >= 4 is 0 Å². The van der Waals surface area contributed by atoms with Crippen LogP contribution in [0.4, 0.5) is 0 Å². The van der Waals surface area contributed by atoms with Gasteiger partial charge < -0.3 is 5.32 Å². The molecule has 0 aliphatic carbocycles. The lowest BCUT2D eigenvalue weighted by molar-refractivity contribution is 0.208. The lowest BCUT2D eigenvalue weighted by Gasteiger charge is -2.32. The molecule has 0 radical (unpaired) electrons. The molecule has 1 unspecified atom stereocenters. The molecule has 14 heavy (non-hydrogen) atoms. The average molecular weight is 196 g/mol. The van der Waals surface area contributed by atoms with Crippen LogP contribution in [-0.2, 0) is 0 Å². The molecular formula is C12H24N2. The van der Waals surface area contributed by atoms with Gasteiger partial charge in [-0.25, -0.2) is 0 Å². The van der Waals surface area contributed by atoms with Crippen molar-refractivity contribution in [1.82, 2.24) is 10.2 Å². The van der Waals surface area contributed by atoms with Gasteiger partial charge in [-0.15, -0.1) is 0 Å². The van der Waals surface area contributed by atoms with Crippen molar-refractivity contribution in [2.24, 2.45) is 0 Å². The third-order valence-electron chi connectivity index (χ3n) is 2.79. The van der Waals surface area contributed by atoms with Gasteiger partial charge >= 0.3 is 0 Å². The third-order valence-corrected chi connectivity index (χ3v) is 2.79. The monoisotopic (exact) mass is 196 g/mol. The first-order valence-electron chi connectivity index (χ1n) is 5.93. The summed E-state index contributed by atoms with van der Waals surface area (Å²) in [5, 5.41) is 3.61. The van der Waals surface area contributed by atoms with Crippen LogP contribution in [0.25, 0.3) is 0 Å². The maximum absolute atomic E-state index is 3.61. The van der Waals surface area contributed by atoms with E-state index < -0.39 is 0 Å². The van der Waals surface area contributed by atoms with Crippen LogP contribution >= 0.6 is 0 Å². The van der Waals surface area contributed by atoms with Gasteiger partial charge in [0.15, 0.2) is 0 Å². The summed E-state index contributed by atoms with van der Waals surface area (Å²) in [7, 11) is 0. The van der Waals surface area contributed by atoms with E-state index in [1.807, 2.05) is 0 Å². The van der Waals surface area contributed by atoms with Crippen LogP contribution in [0.1, 0.15) is 33.1 Å². The second-order valence-electron chi connectivity index (χ2n) is 4.12. The fourth-order valence-electron chi connectivity index (χ4n) is 1.99. The minimum Gasteiger partial charge on any atom is -0.313 e. The van der Waals surface area contributed by atoms with Gasteiger partial charge in [0, 0.05) is 19.1 Å². The van der Waals surface area contributed by atoms with Crippen molar-refractivity contribution in [3.63, 3.8) is 0 Å². The molecule has 1 rings (SSSR count). The molecule has 1 aliphatic heterocycles. The van der Waals surface area contributed by atoms with E-state index in [4.69, 9.17) is 0 Å². The summed E-state index contributed by atoms with van der Waals surface area (Å²) in [6, 6.07) is 0.731. The number of hydrogen-bond donors (Lipinski definition) is 1. The molecule has 0 amide bonds. The van der Waals surface area contributed by atoms with E-state index in [9.17, 15) is 0 Å². The molecule has 0 aromatic rings. The number of piperidine rings is 1. The highest BCUT2D eigenvalue weighted by molar-refractivity contribution is 4.85. The van der Waals surface area contributed by atoms with Crippen molar-refractivity contribution < 1.29 is 0 Å². The van der Waals surface area contributed by atoms with Crippen LogP contribution in [-0.4, -0.2) is 37.1 Å². The van der Waals surface area contributed by atoms with Gasteiger partial charge in [0.25, 0.3) is 0 Å². The number of likely N-dealkylation sites (tertiary alicyclic amines) is 1. The minimum atomic E-state index is 0.731. The van der Waals surface area contributed by atoms with Crippen molar-refractivity contribution in [3.8, 4) is 0 Å². The smallest absolute Gasteiger partial charge is 0.0195 e. The summed E-state index contributed by atoms with van der Waals surface area (Å²) in [5.74, 6) is 0. The highest BCUT2D eigenvalue weighted by atomic mass is 15.2. The molecule has 0 aromatic carbocycles. The van der Waals surface area contributed by atoms with Gasteiger partial charge in [-0.2, -0.15) is 0 Å². The Morgan fingerprint density at radius 2 is 2.36 bits per heavy atom. The molecule has 1 saturated heterocycles. The van der Waals surface area contributed by atoms with Crippen molar-refractivity contribution in [2.75, 3.05) is 26.2 Å². The molecule has 2 nitrogen and oxygen atoms in total. The fourth-order valence-corrected chi connectivity index (χ4v) is 1.99. The van der Waals surface area contributed by atoms with Crippen LogP contribution in [0.5, 0.6) is 0 Å². The number of allylic oxidation sites excluding steroid dienone is 1. The van der Waals surface area contributed by atoms with Gasteiger partial charge in [0.05, 0.1) is 0 Å². The Morgan fingerprint density at radius 3 is 3.07 bits per heavy atom. The lowest BCUT2D eigenvalue weighted by Crippen LogP contribution is -2.45. The Kier molecular flexibility index (Phi) is 5.88. The van der Waals surface area contributed by atoms with E-state index in [0.717, 1.165) is 12.6 Å². The van der Waals surface area contributed by atoms with E-state index in [1.165, 1.54) is 38.9 Å². The first-order valence-corrected chi connectivity index (χ1v) is 5.93. The zero-order valence-electron chi connectivity index (χ0n) is 9.63. The van der Waals surface area contributed by atoms with Gasteiger partial charge in [0.2, 0.25) is 0 Å². The summed E-state index contributed by atoms with van der Waals surface area (Å²) in [6.07, 6.45) is 8.34. The second kappa shape index (κ2) is 7.02. The van der Waals surface area contributed by atoms with Crippen LogP contribution in [0.15, 0.2) is 12.2 Å². The summed E-state index contributed by atoms with van der Waals surface area (Å²) in [4.78, 5) is 2.54. The van der Waals surface area contributed by atoms with Gasteiger partial charge in [-0.3, -0.25) is 4.90 Å². The topological polar surface area (TPSA) is 15.3 Å². The minimum absolute atomic E-state index is 0.731. The maximum Gasteiger partial charge on any atom is 0.0195 e. The quantitative estimate of drug-likeness (QED) is 0.677. The fraction of sp³-hybridized carbons (Fsp3) is 0.833. The molecule has 2 heteroatoms. The Balaban J connectivity index is 2.21. The van der Waals surface area contributed by atoms with Gasteiger partial charge in [-0.05, 0) is 39.3 Å². The first-order chi connectivity index (χ1) is 6.86. The first kappa shape index (κ1) is 11.7. The van der Waals surface area contributed by atoms with Crippen LogP contribution < -0.4 is 5.32 Å². The van der Waals surface area contributed by atoms with Crippen molar-refractivity contribution in [2.45, 2.75) is 39.2 Å². The summed E-state index contributed by atoms with van der Waals surface area (Å²) in [6.45, 7) is 9.12. The van der Waals surface area contributed by atoms with E-state index >= 15 is 0 Å². The van der Waals surface area contributed by atoms with E-state index in [-0.39, 0.29) is 0 Å². The molecular weight excluding hydrogens is 172 g/mol. The van der Waals surface area contributed by atoms with Gasteiger partial charge in [0.1, 0.15) is 0 Å². The Hall–Kier alpha value is -0.340. The standard InChI is InChI=1S/C12H24N2/c1-3-5-9-14-10-6-7-12(11-14)13-8-4-2/h3,5,12-13H,4,6-11H2,1-2H3/b5-3+. The summed E-state index contributed by atoms with van der Waals surface area (Å²) in [5.41, 5.74) is 0. The molecule has 1 N–H and O–H groups in total. The molecule has 1 heterocycles. The molecule has 82 valence electrons. The lowest BCUT2D eigenvalue weighted by atomic mass is 10.1. The summed E-state index contributed by atoms with van der Waals surface area (Å²) < 4.78 is 0. The average Bonchev–Trinajstić information content (AvgIpc) is 2.24. The molecule has 1 fully saturated rings. The third kappa shape index (κ3) is 4.25. The predicted octanol–water partition coefficient (Wildman–Crippen LogP) is 2.03. The van der Waals surface area contributed by atoms with Crippen molar-refractivity contribution in [1.29, 1.82) is 0 Å². The summed E-state index contributed by atoms with van der Waals surface area (Å²) >= 11 is 0. The van der Waals surface area contributed by atoms with Crippen LogP contribution in [0.3, 0.4) is 0 Å². The molecule has 0 aromatic heterocycles. The molecule has 1 atom stereocenters. The van der Waals surface area contributed by atoms with E-state index in [2.05, 4.69) is 36.2 Å². The van der Waals surface area contributed by atoms with E-state index in [1.54, 1.807) is 0 Å². The highest BCUT2D eigenvalue weighted by Crippen LogP contribution is 2.09. The Morgan fingerprint density at radius 1 is 1.50 bits per heavy atom. The number of nitrogens with zero attached hydrogens (tertiary/aromatic N) is 1. The molecule has 0 spiro atoms. The van der Waals surface area contributed by atoms with Gasteiger partial charge in [-0.1, -0.05) is 19.1 Å². The zero-order chi connectivity index (χ0) is 10.2. The second-order valence-corrected chi connectivity index (χ2v) is 4.12. The maximum atomic E-state index is 3.61. The number of hydrogen-bond acceptors (Lipinski definition) is 2. The highest BCUT2D eigenvalue weighted by Gasteiger charge is 2.17. The normalized spacial score (nSPS) is 24.6. The van der Waals surface area contributed by atoms with Crippen LogP contribution in [0, 0.1) is 0 Å².